The zero-order chi connectivity index (χ0) is 23.1. The number of aryl methyl sites for hydroxylation is 1. The Morgan fingerprint density at radius 1 is 0.969 bits per heavy atom. The van der Waals surface area contributed by atoms with Gasteiger partial charge in [0, 0.05) is 22.0 Å². The number of thioether (sulfide) groups is 1. The molecule has 1 amide bonds. The first kappa shape index (κ1) is 23.9. The molecule has 5 nitrogen and oxygen atoms in total. The summed E-state index contributed by atoms with van der Waals surface area (Å²) in [7, 11) is 1.55. The van der Waals surface area contributed by atoms with Crippen LogP contribution in [0.5, 0.6) is 5.75 Å². The molecule has 0 radical (unpaired) electrons. The molecule has 0 aromatic heterocycles. The Morgan fingerprint density at radius 3 is 2.31 bits per heavy atom. The van der Waals surface area contributed by atoms with Crippen LogP contribution in [0.3, 0.4) is 0 Å². The van der Waals surface area contributed by atoms with E-state index in [1.165, 1.54) is 17.3 Å². The molecular weight excluding hydrogens is 462 g/mol. The molecule has 0 fully saturated rings. The predicted octanol–water partition coefficient (Wildman–Crippen LogP) is 6.59. The number of methoxy groups -OCH3 is 1. The van der Waals surface area contributed by atoms with Crippen molar-refractivity contribution in [3.63, 3.8) is 0 Å². The largest absolute Gasteiger partial charge is 0.495 e. The van der Waals surface area contributed by atoms with Crippen molar-refractivity contribution in [3.05, 3.63) is 77.3 Å². The van der Waals surface area contributed by atoms with E-state index in [1.54, 1.807) is 25.3 Å². The number of carbonyl (C=O) groups excluding carboxylic acids is 1. The van der Waals surface area contributed by atoms with Crippen molar-refractivity contribution in [1.29, 1.82) is 0 Å². The van der Waals surface area contributed by atoms with E-state index in [0.29, 0.717) is 21.6 Å². The maximum atomic E-state index is 12.6. The lowest BCUT2D eigenvalue weighted by molar-refractivity contribution is -0.115. The maximum absolute atomic E-state index is 12.6. The Kier molecular flexibility index (Phi) is 8.39. The summed E-state index contributed by atoms with van der Waals surface area (Å²) in [6.45, 7) is 3.89. The number of rotatable bonds is 7. The van der Waals surface area contributed by atoms with Gasteiger partial charge in [-0.2, -0.15) is 0 Å². The average Bonchev–Trinajstić information content (AvgIpc) is 2.75. The summed E-state index contributed by atoms with van der Waals surface area (Å²) >= 11 is 13.0. The van der Waals surface area contributed by atoms with Crippen LogP contribution in [0.25, 0.3) is 0 Å². The van der Waals surface area contributed by atoms with E-state index in [2.05, 4.69) is 16.0 Å². The quantitative estimate of drug-likeness (QED) is 0.259. The lowest BCUT2D eigenvalue weighted by atomic mass is 10.2. The second-order valence-electron chi connectivity index (χ2n) is 7.07. The summed E-state index contributed by atoms with van der Waals surface area (Å²) in [6.07, 6.45) is 0. The molecule has 32 heavy (non-hydrogen) atoms. The number of carbonyl (C=O) groups is 1. The number of amides is 1. The van der Waals surface area contributed by atoms with Crippen LogP contribution in [-0.4, -0.2) is 23.4 Å². The maximum Gasteiger partial charge on any atom is 0.237 e. The Morgan fingerprint density at radius 2 is 1.62 bits per heavy atom. The van der Waals surface area contributed by atoms with Gasteiger partial charge in [0.15, 0.2) is 5.11 Å². The molecule has 0 spiro atoms. The van der Waals surface area contributed by atoms with E-state index in [4.69, 9.17) is 28.6 Å². The van der Waals surface area contributed by atoms with E-state index >= 15 is 0 Å². The zero-order valence-corrected chi connectivity index (χ0v) is 20.3. The fourth-order valence-electron chi connectivity index (χ4n) is 2.82. The standard InChI is InChI=1S/C24H24ClN3O2S2/c1-15-7-9-17(10-8-15)27-24(31)28-18-5-4-6-20(13-18)32-16(2)23(29)26-19-11-12-22(30-3)21(25)14-19/h4-14,16H,1-3H3,(H,26,29)(H2,27,28,31). The van der Waals surface area contributed by atoms with Crippen LogP contribution in [0.4, 0.5) is 17.1 Å². The molecule has 3 rings (SSSR count). The molecule has 0 heterocycles. The SMILES string of the molecule is COc1ccc(NC(=O)C(C)Sc2cccc(NC(=S)Nc3ccc(C)cc3)c2)cc1Cl. The first-order valence-corrected chi connectivity index (χ1v) is 11.6. The van der Waals surface area contributed by atoms with E-state index in [0.717, 1.165) is 16.3 Å². The highest BCUT2D eigenvalue weighted by atomic mass is 35.5. The normalized spacial score (nSPS) is 11.4. The molecule has 3 N–H and O–H groups in total. The van der Waals surface area contributed by atoms with Crippen molar-refractivity contribution in [3.8, 4) is 5.75 Å². The number of ether oxygens (including phenoxy) is 1. The van der Waals surface area contributed by atoms with Gasteiger partial charge in [-0.15, -0.1) is 11.8 Å². The van der Waals surface area contributed by atoms with Crippen molar-refractivity contribution in [2.45, 2.75) is 24.0 Å². The monoisotopic (exact) mass is 485 g/mol. The molecule has 8 heteroatoms. The fourth-order valence-corrected chi connectivity index (χ4v) is 4.24. The smallest absolute Gasteiger partial charge is 0.237 e. The van der Waals surface area contributed by atoms with Crippen molar-refractivity contribution in [2.24, 2.45) is 0 Å². The highest BCUT2D eigenvalue weighted by Gasteiger charge is 2.15. The summed E-state index contributed by atoms with van der Waals surface area (Å²) in [5, 5.41) is 9.86. The molecular formula is C24H24ClN3O2S2. The molecule has 1 atom stereocenters. The highest BCUT2D eigenvalue weighted by Crippen LogP contribution is 2.29. The Balaban J connectivity index is 1.57. The fraction of sp³-hybridized carbons (Fsp3) is 0.167. The van der Waals surface area contributed by atoms with Crippen LogP contribution in [0.1, 0.15) is 12.5 Å². The summed E-state index contributed by atoms with van der Waals surface area (Å²) < 4.78 is 5.14. The van der Waals surface area contributed by atoms with Crippen molar-refractivity contribution < 1.29 is 9.53 Å². The van der Waals surface area contributed by atoms with Crippen molar-refractivity contribution >= 4 is 63.7 Å². The van der Waals surface area contributed by atoms with Gasteiger partial charge in [0.05, 0.1) is 17.4 Å². The second kappa shape index (κ2) is 11.2. The molecule has 0 bridgehead atoms. The molecule has 0 saturated carbocycles. The lowest BCUT2D eigenvalue weighted by Gasteiger charge is -2.14. The van der Waals surface area contributed by atoms with Gasteiger partial charge in [-0.25, -0.2) is 0 Å². The third kappa shape index (κ3) is 6.88. The van der Waals surface area contributed by atoms with E-state index in [1.807, 2.05) is 62.4 Å². The van der Waals surface area contributed by atoms with Gasteiger partial charge in [0.1, 0.15) is 5.75 Å². The Bertz CT molecular complexity index is 1110. The van der Waals surface area contributed by atoms with Crippen molar-refractivity contribution in [1.82, 2.24) is 0 Å². The first-order valence-electron chi connectivity index (χ1n) is 9.90. The van der Waals surface area contributed by atoms with Gasteiger partial charge in [-0.1, -0.05) is 35.4 Å². The minimum Gasteiger partial charge on any atom is -0.495 e. The minimum absolute atomic E-state index is 0.119. The van der Waals surface area contributed by atoms with Crippen LogP contribution >= 0.6 is 35.6 Å². The lowest BCUT2D eigenvalue weighted by Crippen LogP contribution is -2.22. The van der Waals surface area contributed by atoms with Gasteiger partial charge in [0.25, 0.3) is 0 Å². The molecule has 3 aromatic carbocycles. The summed E-state index contributed by atoms with van der Waals surface area (Å²) in [6, 6.07) is 20.9. The number of anilines is 3. The summed E-state index contributed by atoms with van der Waals surface area (Å²) in [5.41, 5.74) is 3.57. The third-order valence-corrected chi connectivity index (χ3v) is 6.10. The van der Waals surface area contributed by atoms with Gasteiger partial charge >= 0.3 is 0 Å². The number of hydrogen-bond acceptors (Lipinski definition) is 4. The van der Waals surface area contributed by atoms with Gasteiger partial charge in [-0.05, 0) is 74.6 Å². The van der Waals surface area contributed by atoms with Crippen LogP contribution in [-0.2, 0) is 4.79 Å². The zero-order valence-electron chi connectivity index (χ0n) is 17.9. The number of nitrogens with one attached hydrogen (secondary N) is 3. The molecule has 1 unspecified atom stereocenters. The topological polar surface area (TPSA) is 62.4 Å². The van der Waals surface area contributed by atoms with Crippen LogP contribution in [0, 0.1) is 6.92 Å². The van der Waals surface area contributed by atoms with Gasteiger partial charge < -0.3 is 20.7 Å². The average molecular weight is 486 g/mol. The van der Waals surface area contributed by atoms with Gasteiger partial charge in [-0.3, -0.25) is 4.79 Å². The molecule has 0 aliphatic carbocycles. The van der Waals surface area contributed by atoms with E-state index in [-0.39, 0.29) is 11.2 Å². The van der Waals surface area contributed by atoms with E-state index in [9.17, 15) is 4.79 Å². The Hall–Kier alpha value is -2.74. The predicted molar refractivity (Wildman–Crippen MR) is 139 cm³/mol. The second-order valence-corrected chi connectivity index (χ2v) is 9.30. The third-order valence-electron chi connectivity index (χ3n) is 4.50. The summed E-state index contributed by atoms with van der Waals surface area (Å²) in [5.74, 6) is 0.442. The first-order chi connectivity index (χ1) is 15.3. The number of benzene rings is 3. The highest BCUT2D eigenvalue weighted by molar-refractivity contribution is 8.00. The van der Waals surface area contributed by atoms with Crippen molar-refractivity contribution in [2.75, 3.05) is 23.1 Å². The van der Waals surface area contributed by atoms with Crippen LogP contribution < -0.4 is 20.7 Å². The molecule has 166 valence electrons. The van der Waals surface area contributed by atoms with Crippen LogP contribution in [0.2, 0.25) is 5.02 Å². The number of hydrogen-bond donors (Lipinski definition) is 3. The van der Waals surface area contributed by atoms with E-state index < -0.39 is 0 Å². The van der Waals surface area contributed by atoms with Crippen LogP contribution in [0.15, 0.2) is 71.6 Å². The number of halogens is 1. The van der Waals surface area contributed by atoms with Gasteiger partial charge in [0.2, 0.25) is 5.91 Å². The summed E-state index contributed by atoms with van der Waals surface area (Å²) in [4.78, 5) is 13.6. The molecule has 0 aliphatic heterocycles. The molecule has 0 aliphatic rings. The Labute approximate surface area is 202 Å². The minimum atomic E-state index is -0.316. The molecule has 0 saturated heterocycles. The number of thiocarbonyl (C=S) groups is 1. The molecule has 3 aromatic rings.